The summed E-state index contributed by atoms with van der Waals surface area (Å²) in [6.45, 7) is 0.273. The lowest BCUT2D eigenvalue weighted by Gasteiger charge is -2.09. The zero-order valence-electron chi connectivity index (χ0n) is 11.4. The van der Waals surface area contributed by atoms with Crippen LogP contribution in [0.3, 0.4) is 0 Å². The minimum absolute atomic E-state index is 0.273. The lowest BCUT2D eigenvalue weighted by Crippen LogP contribution is -2.24. The molecule has 0 saturated carbocycles. The van der Waals surface area contributed by atoms with E-state index in [1.54, 1.807) is 42.5 Å². The monoisotopic (exact) mass is 337 g/mol. The van der Waals surface area contributed by atoms with Gasteiger partial charge in [-0.2, -0.15) is 5.10 Å². The van der Waals surface area contributed by atoms with Crippen molar-refractivity contribution in [3.05, 3.63) is 63.6 Å². The number of hydrogen-bond acceptors (Lipinski definition) is 3. The van der Waals surface area contributed by atoms with Crippen LogP contribution in [0.5, 0.6) is 5.75 Å². The van der Waals surface area contributed by atoms with E-state index in [4.69, 9.17) is 33.7 Å². The number of nitrogens with two attached hydrogens (primary N) is 1. The highest BCUT2D eigenvalue weighted by molar-refractivity contribution is 6.35. The Bertz CT molecular complexity index is 667. The van der Waals surface area contributed by atoms with Crippen LogP contribution < -0.4 is 15.9 Å². The molecule has 0 aliphatic carbocycles. The van der Waals surface area contributed by atoms with Gasteiger partial charge in [-0.3, -0.25) is 0 Å². The minimum atomic E-state index is -0.715. The highest BCUT2D eigenvalue weighted by Gasteiger charge is 2.06. The second-order valence-corrected chi connectivity index (χ2v) is 5.11. The molecule has 0 aliphatic rings. The van der Waals surface area contributed by atoms with Crippen molar-refractivity contribution in [2.75, 3.05) is 0 Å². The fourth-order valence-corrected chi connectivity index (χ4v) is 2.15. The van der Waals surface area contributed by atoms with E-state index in [1.807, 2.05) is 0 Å². The van der Waals surface area contributed by atoms with E-state index < -0.39 is 6.03 Å². The first-order valence-corrected chi connectivity index (χ1v) is 7.06. The highest BCUT2D eigenvalue weighted by Crippen LogP contribution is 2.25. The molecule has 0 bridgehead atoms. The summed E-state index contributed by atoms with van der Waals surface area (Å²) in [5, 5.41) is 4.79. The van der Waals surface area contributed by atoms with Gasteiger partial charge in [0.2, 0.25) is 0 Å². The van der Waals surface area contributed by atoms with Crippen molar-refractivity contribution in [1.82, 2.24) is 5.43 Å². The van der Waals surface area contributed by atoms with Crippen LogP contribution in [-0.2, 0) is 6.61 Å². The highest BCUT2D eigenvalue weighted by atomic mass is 35.5. The van der Waals surface area contributed by atoms with Crippen molar-refractivity contribution < 1.29 is 9.53 Å². The zero-order chi connectivity index (χ0) is 15.9. The third-order valence-corrected chi connectivity index (χ3v) is 3.42. The van der Waals surface area contributed by atoms with Gasteiger partial charge in [0.25, 0.3) is 0 Å². The van der Waals surface area contributed by atoms with Gasteiger partial charge in [-0.25, -0.2) is 10.2 Å². The first kappa shape index (κ1) is 16.1. The Labute approximate surface area is 137 Å². The standard InChI is InChI=1S/C15H13Cl2N3O2/c16-13-2-1-3-14(17)12(13)9-22-11-6-4-10(5-7-11)8-19-20-15(18)21/h1-8H,9H2,(H3,18,20,21)/b19-8-. The van der Waals surface area contributed by atoms with Crippen LogP contribution in [0.4, 0.5) is 4.79 Å². The predicted octanol–water partition coefficient (Wildman–Crippen LogP) is 3.57. The number of primary amides is 1. The molecule has 5 nitrogen and oxygen atoms in total. The molecular formula is C15H13Cl2N3O2. The van der Waals surface area contributed by atoms with Gasteiger partial charge in [0.1, 0.15) is 12.4 Å². The average Bonchev–Trinajstić information content (AvgIpc) is 2.48. The van der Waals surface area contributed by atoms with E-state index in [1.165, 1.54) is 6.21 Å². The normalized spacial score (nSPS) is 10.6. The van der Waals surface area contributed by atoms with Crippen molar-refractivity contribution in [1.29, 1.82) is 0 Å². The number of hydrogen-bond donors (Lipinski definition) is 2. The number of rotatable bonds is 5. The molecule has 0 unspecified atom stereocenters. The summed E-state index contributed by atoms with van der Waals surface area (Å²) >= 11 is 12.2. The number of hydrazone groups is 1. The van der Waals surface area contributed by atoms with E-state index in [2.05, 4.69) is 10.5 Å². The van der Waals surface area contributed by atoms with Gasteiger partial charge in [0.05, 0.1) is 6.21 Å². The van der Waals surface area contributed by atoms with E-state index >= 15 is 0 Å². The summed E-state index contributed by atoms with van der Waals surface area (Å²) in [5.74, 6) is 0.663. The van der Waals surface area contributed by atoms with Gasteiger partial charge in [0.15, 0.2) is 0 Å². The molecule has 0 fully saturated rings. The molecule has 0 radical (unpaired) electrons. The Morgan fingerprint density at radius 1 is 1.18 bits per heavy atom. The van der Waals surface area contributed by atoms with Crippen molar-refractivity contribution in [3.8, 4) is 5.75 Å². The molecule has 0 saturated heterocycles. The van der Waals surface area contributed by atoms with Crippen LogP contribution in [0.1, 0.15) is 11.1 Å². The topological polar surface area (TPSA) is 76.7 Å². The molecule has 2 aromatic rings. The quantitative estimate of drug-likeness (QED) is 0.646. The molecule has 2 rings (SSSR count). The van der Waals surface area contributed by atoms with Crippen molar-refractivity contribution >= 4 is 35.4 Å². The summed E-state index contributed by atoms with van der Waals surface area (Å²) < 4.78 is 5.65. The van der Waals surface area contributed by atoms with Crippen LogP contribution in [-0.4, -0.2) is 12.2 Å². The van der Waals surface area contributed by atoms with Crippen LogP contribution in [0, 0.1) is 0 Å². The third kappa shape index (κ3) is 4.65. The first-order valence-electron chi connectivity index (χ1n) is 6.30. The Morgan fingerprint density at radius 3 is 2.41 bits per heavy atom. The predicted molar refractivity (Wildman–Crippen MR) is 87.5 cm³/mol. The summed E-state index contributed by atoms with van der Waals surface area (Å²) in [5.41, 5.74) is 8.54. The van der Waals surface area contributed by atoms with E-state index in [0.717, 1.165) is 11.1 Å². The van der Waals surface area contributed by atoms with Gasteiger partial charge < -0.3 is 10.5 Å². The molecule has 0 atom stereocenters. The number of urea groups is 1. The fourth-order valence-electron chi connectivity index (χ4n) is 1.65. The number of amides is 2. The summed E-state index contributed by atoms with van der Waals surface area (Å²) in [7, 11) is 0. The maximum Gasteiger partial charge on any atom is 0.332 e. The summed E-state index contributed by atoms with van der Waals surface area (Å²) in [6, 6.07) is 11.7. The Kier molecular flexibility index (Phi) is 5.63. The van der Waals surface area contributed by atoms with E-state index in [9.17, 15) is 4.79 Å². The summed E-state index contributed by atoms with van der Waals surface area (Å²) in [4.78, 5) is 10.5. The molecule has 0 aromatic heterocycles. The van der Waals surface area contributed by atoms with Gasteiger partial charge in [-0.05, 0) is 42.0 Å². The molecule has 114 valence electrons. The minimum Gasteiger partial charge on any atom is -0.489 e. The first-order chi connectivity index (χ1) is 10.6. The van der Waals surface area contributed by atoms with Crippen molar-refractivity contribution in [2.24, 2.45) is 10.8 Å². The second kappa shape index (κ2) is 7.68. The smallest absolute Gasteiger partial charge is 0.332 e. The van der Waals surface area contributed by atoms with Crippen molar-refractivity contribution in [2.45, 2.75) is 6.61 Å². The maximum atomic E-state index is 10.5. The van der Waals surface area contributed by atoms with Crippen LogP contribution >= 0.6 is 23.2 Å². The van der Waals surface area contributed by atoms with Gasteiger partial charge in [0, 0.05) is 15.6 Å². The number of carbonyl (C=O) groups is 1. The second-order valence-electron chi connectivity index (χ2n) is 4.29. The lowest BCUT2D eigenvalue weighted by atomic mass is 10.2. The number of halogens is 2. The zero-order valence-corrected chi connectivity index (χ0v) is 12.9. The number of nitrogens with one attached hydrogen (secondary N) is 1. The molecule has 3 N–H and O–H groups in total. The molecule has 2 amide bonds. The largest absolute Gasteiger partial charge is 0.489 e. The Morgan fingerprint density at radius 2 is 1.82 bits per heavy atom. The fraction of sp³-hybridized carbons (Fsp3) is 0.0667. The van der Waals surface area contributed by atoms with Crippen molar-refractivity contribution in [3.63, 3.8) is 0 Å². The maximum absolute atomic E-state index is 10.5. The average molecular weight is 338 g/mol. The van der Waals surface area contributed by atoms with Crippen LogP contribution in [0.15, 0.2) is 47.6 Å². The molecule has 7 heteroatoms. The molecule has 0 heterocycles. The van der Waals surface area contributed by atoms with Crippen LogP contribution in [0.2, 0.25) is 10.0 Å². The molecule has 0 aliphatic heterocycles. The van der Waals surface area contributed by atoms with E-state index in [0.29, 0.717) is 15.8 Å². The molecular weight excluding hydrogens is 325 g/mol. The molecule has 0 spiro atoms. The van der Waals surface area contributed by atoms with Crippen LogP contribution in [0.25, 0.3) is 0 Å². The van der Waals surface area contributed by atoms with E-state index in [-0.39, 0.29) is 6.61 Å². The number of ether oxygens (including phenoxy) is 1. The molecule has 2 aromatic carbocycles. The third-order valence-electron chi connectivity index (χ3n) is 2.71. The van der Waals surface area contributed by atoms with Gasteiger partial charge in [-0.15, -0.1) is 0 Å². The SMILES string of the molecule is NC(=O)N/N=C\c1ccc(OCc2c(Cl)cccc2Cl)cc1. The number of benzene rings is 2. The van der Waals surface area contributed by atoms with Gasteiger partial charge >= 0.3 is 6.03 Å². The van der Waals surface area contributed by atoms with Gasteiger partial charge in [-0.1, -0.05) is 29.3 Å². The lowest BCUT2D eigenvalue weighted by molar-refractivity contribution is 0.249. The molecule has 22 heavy (non-hydrogen) atoms. The summed E-state index contributed by atoms with van der Waals surface area (Å²) in [6.07, 6.45) is 1.47. The number of carbonyl (C=O) groups excluding carboxylic acids is 1. The Hall–Kier alpha value is -2.24. The number of nitrogens with zero attached hydrogens (tertiary/aromatic N) is 1. The Balaban J connectivity index is 1.97.